The van der Waals surface area contributed by atoms with Gasteiger partial charge in [0.25, 0.3) is 11.8 Å². The molecule has 0 aromatic heterocycles. The third kappa shape index (κ3) is 8.25. The van der Waals surface area contributed by atoms with Crippen molar-refractivity contribution < 1.29 is 60.8 Å². The van der Waals surface area contributed by atoms with Crippen LogP contribution in [-0.4, -0.2) is 71.2 Å². The second-order valence-corrected chi connectivity index (χ2v) is 6.68. The molecule has 11 nitrogen and oxygen atoms in total. The molecule has 1 aromatic rings. The molecule has 16 heteroatoms. The topological polar surface area (TPSA) is 163 Å². The molecule has 0 bridgehead atoms. The van der Waals surface area contributed by atoms with Crippen LogP contribution in [0.1, 0.15) is 13.8 Å². The van der Waals surface area contributed by atoms with Gasteiger partial charge < -0.3 is 35.6 Å². The average Bonchev–Trinajstić information content (AvgIpc) is 2.81. The first-order chi connectivity index (χ1) is 15.5. The van der Waals surface area contributed by atoms with Crippen LogP contribution in [0.3, 0.4) is 0 Å². The van der Waals surface area contributed by atoms with Gasteiger partial charge in [0.05, 0.1) is 12.2 Å². The van der Waals surface area contributed by atoms with Crippen LogP contribution in [0.5, 0.6) is 5.75 Å². The number of fused-ring (bicyclic) bond motifs is 1. The van der Waals surface area contributed by atoms with Gasteiger partial charge in [-0.1, -0.05) is 12.1 Å². The van der Waals surface area contributed by atoms with E-state index in [1.807, 2.05) is 0 Å². The zero-order valence-electron chi connectivity index (χ0n) is 17.5. The minimum Gasteiger partial charge on any atom is -0.486 e. The van der Waals surface area contributed by atoms with Gasteiger partial charge >= 0.3 is 24.3 Å². The third-order valence-corrected chi connectivity index (χ3v) is 4.03. The summed E-state index contributed by atoms with van der Waals surface area (Å²) in [6.45, 7) is 0.494. The molecule has 2 rings (SSSR count). The maximum atomic E-state index is 12.8. The first-order valence-electron chi connectivity index (χ1n) is 9.23. The highest BCUT2D eigenvalue weighted by atomic mass is 19.4. The fourth-order valence-electron chi connectivity index (χ4n) is 2.36. The molecule has 3 amide bonds. The number of alkyl halides is 5. The Morgan fingerprint density at radius 3 is 2.29 bits per heavy atom. The molecule has 3 atom stereocenters. The van der Waals surface area contributed by atoms with Crippen molar-refractivity contribution >= 4 is 29.8 Å². The molecule has 5 N–H and O–H groups in total. The molecule has 1 aliphatic rings. The lowest BCUT2D eigenvalue weighted by molar-refractivity contribution is -0.278. The Kier molecular flexibility index (Phi) is 9.39. The Balaban J connectivity index is 0.00000133. The van der Waals surface area contributed by atoms with Crippen LogP contribution in [0, 0.1) is 0 Å². The number of carboxylic acid groups (broad SMARTS) is 2. The molecule has 0 aliphatic carbocycles. The van der Waals surface area contributed by atoms with Gasteiger partial charge in [-0.15, -0.1) is 0 Å². The van der Waals surface area contributed by atoms with Gasteiger partial charge in [-0.2, -0.15) is 22.0 Å². The summed E-state index contributed by atoms with van der Waals surface area (Å²) in [5.74, 6) is -6.42. The summed E-state index contributed by atoms with van der Waals surface area (Å²) < 4.78 is 71.9. The lowest BCUT2D eigenvalue weighted by atomic mass is 10.1. The number of halogens is 5. The van der Waals surface area contributed by atoms with E-state index in [0.717, 1.165) is 6.92 Å². The van der Waals surface area contributed by atoms with E-state index in [2.05, 4.69) is 15.4 Å². The smallest absolute Gasteiger partial charge is 0.486 e. The number of amides is 3. The molecule has 1 aliphatic heterocycles. The van der Waals surface area contributed by atoms with Gasteiger partial charge in [-0.3, -0.25) is 9.59 Å². The second kappa shape index (κ2) is 11.3. The van der Waals surface area contributed by atoms with Gasteiger partial charge in [0.1, 0.15) is 17.9 Å². The highest BCUT2D eigenvalue weighted by Crippen LogP contribution is 2.34. The van der Waals surface area contributed by atoms with Crippen molar-refractivity contribution in [2.24, 2.45) is 0 Å². The summed E-state index contributed by atoms with van der Waals surface area (Å²) >= 11 is 0. The molecule has 0 fully saturated rings. The number of hydrogen-bond acceptors (Lipinski definition) is 6. The van der Waals surface area contributed by atoms with Crippen LogP contribution in [-0.2, 0) is 14.3 Å². The van der Waals surface area contributed by atoms with Crippen molar-refractivity contribution in [1.82, 2.24) is 10.6 Å². The Morgan fingerprint density at radius 1 is 1.18 bits per heavy atom. The Bertz CT molecular complexity index is 908. The predicted molar refractivity (Wildman–Crippen MR) is 103 cm³/mol. The van der Waals surface area contributed by atoms with Gasteiger partial charge in [-0.05, 0) is 26.0 Å². The number of benzene rings is 1. The van der Waals surface area contributed by atoms with Crippen molar-refractivity contribution in [2.75, 3.05) is 11.9 Å². The minimum atomic E-state index is -5.86. The number of ether oxygens (including phenoxy) is 2. The Hall–Kier alpha value is -3.85. The van der Waals surface area contributed by atoms with Crippen molar-refractivity contribution in [1.29, 1.82) is 0 Å². The van der Waals surface area contributed by atoms with E-state index in [4.69, 9.17) is 19.7 Å². The molecule has 0 unspecified atom stereocenters. The van der Waals surface area contributed by atoms with Crippen molar-refractivity contribution in [3.8, 4) is 5.75 Å². The number of nitrogens with one attached hydrogen (secondary N) is 3. The maximum Gasteiger partial charge on any atom is 0.503 e. The molecule has 0 spiro atoms. The molecule has 1 heterocycles. The second-order valence-electron chi connectivity index (χ2n) is 6.68. The number of hydrogen-bond donors (Lipinski definition) is 5. The summed E-state index contributed by atoms with van der Waals surface area (Å²) in [5.41, 5.74) is 0.375. The first kappa shape index (κ1) is 28.2. The van der Waals surface area contributed by atoms with Crippen molar-refractivity contribution in [3.05, 3.63) is 24.3 Å². The molecular weight excluding hydrogens is 481 g/mol. The SMILES string of the molecule is C[C@H](OC(=O)NCC(F)(F)C(F)(F)F)C(=O)N[C@@H]1C(=O)Nc2ccccc2O[C@@H]1C.O=C(O)O. The summed E-state index contributed by atoms with van der Waals surface area (Å²) in [6, 6.07) is 5.31. The molecule has 1 aromatic carbocycles. The highest BCUT2D eigenvalue weighted by Gasteiger charge is 2.57. The van der Waals surface area contributed by atoms with Gasteiger partial charge in [0.15, 0.2) is 6.10 Å². The largest absolute Gasteiger partial charge is 0.503 e. The minimum absolute atomic E-state index is 0.365. The monoisotopic (exact) mass is 501 g/mol. The van der Waals surface area contributed by atoms with E-state index in [1.54, 1.807) is 24.3 Å². The van der Waals surface area contributed by atoms with E-state index in [1.165, 1.54) is 12.2 Å². The van der Waals surface area contributed by atoms with Crippen LogP contribution in [0.15, 0.2) is 24.3 Å². The number of carbonyl (C=O) groups is 4. The normalized spacial score (nSPS) is 18.4. The number of carbonyl (C=O) groups excluding carboxylic acids is 3. The zero-order valence-corrected chi connectivity index (χ0v) is 17.5. The van der Waals surface area contributed by atoms with Crippen LogP contribution in [0.2, 0.25) is 0 Å². The van der Waals surface area contributed by atoms with E-state index < -0.39 is 61.0 Å². The standard InChI is InChI=1S/C17H18F5N3O5.CH2O3/c1-8-12(14(27)24-10-5-3-4-6-11(10)29-8)25-13(26)9(2)30-15(28)23-7-16(18,19)17(20,21)22;2-1(3)4/h3-6,8-9,12H,7H2,1-2H3,(H,23,28)(H,24,27)(H,25,26);(H2,2,3,4)/t8-,9+,12+;/m1./s1. The molecule has 0 saturated heterocycles. The van der Waals surface area contributed by atoms with E-state index in [0.29, 0.717) is 11.4 Å². The number of alkyl carbamates (subject to hydrolysis) is 1. The van der Waals surface area contributed by atoms with Crippen LogP contribution < -0.4 is 20.7 Å². The summed E-state index contributed by atoms with van der Waals surface area (Å²) in [7, 11) is 0. The maximum absolute atomic E-state index is 12.8. The first-order valence-corrected chi connectivity index (χ1v) is 9.23. The fourth-order valence-corrected chi connectivity index (χ4v) is 2.36. The third-order valence-electron chi connectivity index (χ3n) is 4.03. The summed E-state index contributed by atoms with van der Waals surface area (Å²) in [5, 5.41) is 20.0. The Morgan fingerprint density at radius 2 is 1.74 bits per heavy atom. The van der Waals surface area contributed by atoms with E-state index in [9.17, 15) is 36.3 Å². The number of para-hydroxylation sites is 2. The lowest BCUT2D eigenvalue weighted by Gasteiger charge is -2.23. The zero-order chi connectivity index (χ0) is 26.3. The van der Waals surface area contributed by atoms with Gasteiger partial charge in [-0.25, -0.2) is 9.59 Å². The molecule has 0 radical (unpaired) electrons. The highest BCUT2D eigenvalue weighted by molar-refractivity contribution is 5.99. The van der Waals surface area contributed by atoms with Crippen LogP contribution in [0.4, 0.5) is 37.2 Å². The number of anilines is 1. The van der Waals surface area contributed by atoms with Crippen molar-refractivity contribution in [3.63, 3.8) is 0 Å². The molecule has 190 valence electrons. The Labute approximate surface area is 188 Å². The van der Waals surface area contributed by atoms with E-state index >= 15 is 0 Å². The summed E-state index contributed by atoms with van der Waals surface area (Å²) in [6.07, 6.45) is -11.8. The summed E-state index contributed by atoms with van der Waals surface area (Å²) in [4.78, 5) is 44.6. The predicted octanol–water partition coefficient (Wildman–Crippen LogP) is 2.43. The van der Waals surface area contributed by atoms with Crippen LogP contribution in [0.25, 0.3) is 0 Å². The molecule has 34 heavy (non-hydrogen) atoms. The molecular formula is C18H20F5N3O8. The fraction of sp³-hybridized carbons (Fsp3) is 0.444. The van der Waals surface area contributed by atoms with E-state index in [-0.39, 0.29) is 0 Å². The van der Waals surface area contributed by atoms with Crippen LogP contribution >= 0.6 is 0 Å². The lowest BCUT2D eigenvalue weighted by Crippen LogP contribution is -2.54. The van der Waals surface area contributed by atoms with Crippen molar-refractivity contribution in [2.45, 2.75) is 44.2 Å². The quantitative estimate of drug-likeness (QED) is 0.384. The van der Waals surface area contributed by atoms with Gasteiger partial charge in [0.2, 0.25) is 0 Å². The average molecular weight is 501 g/mol. The molecule has 0 saturated carbocycles. The number of rotatable bonds is 5. The van der Waals surface area contributed by atoms with Gasteiger partial charge in [0, 0.05) is 0 Å².